The lowest BCUT2D eigenvalue weighted by atomic mass is 9.97. The van der Waals surface area contributed by atoms with Crippen molar-refractivity contribution in [3.63, 3.8) is 0 Å². The Balaban J connectivity index is 1.20. The molecule has 0 aliphatic carbocycles. The number of anilines is 3. The Labute approximate surface area is 214 Å². The van der Waals surface area contributed by atoms with Crippen LogP contribution in [0.4, 0.5) is 17.5 Å². The SMILES string of the molecule is O=C(Nc1ccc(S(=O)(=O)Nc2ncccn2)cc1)C1CCCN(c2ccc(-c3ccncc3)nn2)C1. The summed E-state index contributed by atoms with van der Waals surface area (Å²) in [4.78, 5) is 26.8. The number of nitrogens with zero attached hydrogens (tertiary/aromatic N) is 6. The number of pyridine rings is 1. The second kappa shape index (κ2) is 10.7. The highest BCUT2D eigenvalue weighted by Gasteiger charge is 2.27. The quantitative estimate of drug-likeness (QED) is 0.379. The zero-order valence-corrected chi connectivity index (χ0v) is 20.5. The van der Waals surface area contributed by atoms with Crippen molar-refractivity contribution >= 4 is 33.4 Å². The van der Waals surface area contributed by atoms with Crippen LogP contribution in [0.2, 0.25) is 0 Å². The van der Waals surface area contributed by atoms with Gasteiger partial charge in [-0.25, -0.2) is 23.1 Å². The smallest absolute Gasteiger partial charge is 0.264 e. The topological polar surface area (TPSA) is 143 Å². The lowest BCUT2D eigenvalue weighted by Crippen LogP contribution is -2.41. The van der Waals surface area contributed by atoms with Crippen LogP contribution in [-0.4, -0.2) is 52.6 Å². The first-order valence-electron chi connectivity index (χ1n) is 11.7. The Morgan fingerprint density at radius 2 is 1.68 bits per heavy atom. The van der Waals surface area contributed by atoms with Crippen LogP contribution in [0.1, 0.15) is 12.8 Å². The van der Waals surface area contributed by atoms with Gasteiger partial charge in [0.2, 0.25) is 11.9 Å². The monoisotopic (exact) mass is 516 g/mol. The van der Waals surface area contributed by atoms with Crippen molar-refractivity contribution in [2.75, 3.05) is 28.0 Å². The van der Waals surface area contributed by atoms with E-state index in [1.54, 1.807) is 30.6 Å². The Morgan fingerprint density at radius 1 is 0.919 bits per heavy atom. The third-order valence-electron chi connectivity index (χ3n) is 5.97. The molecular weight excluding hydrogens is 492 g/mol. The summed E-state index contributed by atoms with van der Waals surface area (Å²) in [6.07, 6.45) is 7.90. The van der Waals surface area contributed by atoms with E-state index < -0.39 is 10.0 Å². The first-order valence-corrected chi connectivity index (χ1v) is 13.2. The molecule has 12 heteroatoms. The highest BCUT2D eigenvalue weighted by Crippen LogP contribution is 2.25. The van der Waals surface area contributed by atoms with Gasteiger partial charge in [0.05, 0.1) is 16.5 Å². The number of hydrogen-bond donors (Lipinski definition) is 2. The fourth-order valence-corrected chi connectivity index (χ4v) is 5.02. The summed E-state index contributed by atoms with van der Waals surface area (Å²) in [6, 6.07) is 15.1. The molecule has 1 aromatic carbocycles. The summed E-state index contributed by atoms with van der Waals surface area (Å²) < 4.78 is 27.4. The molecule has 1 atom stereocenters. The van der Waals surface area contributed by atoms with Gasteiger partial charge in [0.1, 0.15) is 0 Å². The molecule has 2 N–H and O–H groups in total. The van der Waals surface area contributed by atoms with Crippen molar-refractivity contribution in [1.82, 2.24) is 25.1 Å². The van der Waals surface area contributed by atoms with Crippen LogP contribution in [0.15, 0.2) is 84.3 Å². The van der Waals surface area contributed by atoms with Gasteiger partial charge in [-0.15, -0.1) is 10.2 Å². The third kappa shape index (κ3) is 5.86. The Morgan fingerprint density at radius 3 is 2.38 bits per heavy atom. The van der Waals surface area contributed by atoms with E-state index >= 15 is 0 Å². The van der Waals surface area contributed by atoms with Crippen LogP contribution in [0.5, 0.6) is 0 Å². The fourth-order valence-electron chi connectivity index (χ4n) is 4.06. The number of carbonyl (C=O) groups excluding carboxylic acids is 1. The number of piperidine rings is 1. The zero-order valence-electron chi connectivity index (χ0n) is 19.7. The number of benzene rings is 1. The van der Waals surface area contributed by atoms with E-state index in [-0.39, 0.29) is 22.7 Å². The van der Waals surface area contributed by atoms with Gasteiger partial charge in [0.25, 0.3) is 10.0 Å². The molecule has 0 saturated carbocycles. The largest absolute Gasteiger partial charge is 0.354 e. The lowest BCUT2D eigenvalue weighted by molar-refractivity contribution is -0.120. The Kier molecular flexibility index (Phi) is 6.99. The molecule has 0 bridgehead atoms. The van der Waals surface area contributed by atoms with Crippen molar-refractivity contribution in [3.05, 3.63) is 79.4 Å². The van der Waals surface area contributed by atoms with E-state index in [4.69, 9.17) is 0 Å². The predicted octanol–water partition coefficient (Wildman–Crippen LogP) is 2.98. The molecule has 3 aromatic heterocycles. The van der Waals surface area contributed by atoms with E-state index in [0.29, 0.717) is 12.2 Å². The molecule has 37 heavy (non-hydrogen) atoms. The molecule has 0 spiro atoms. The van der Waals surface area contributed by atoms with E-state index in [9.17, 15) is 13.2 Å². The molecule has 0 radical (unpaired) electrons. The number of aromatic nitrogens is 5. The molecule has 1 unspecified atom stereocenters. The molecule has 4 heterocycles. The molecule has 11 nitrogen and oxygen atoms in total. The normalized spacial score (nSPS) is 15.7. The van der Waals surface area contributed by atoms with E-state index in [0.717, 1.165) is 36.5 Å². The van der Waals surface area contributed by atoms with Crippen LogP contribution in [-0.2, 0) is 14.8 Å². The molecular formula is C25H24N8O3S. The molecule has 188 valence electrons. The van der Waals surface area contributed by atoms with Crippen molar-refractivity contribution in [1.29, 1.82) is 0 Å². The van der Waals surface area contributed by atoms with Gasteiger partial charge >= 0.3 is 0 Å². The molecule has 1 aliphatic rings. The number of nitrogens with one attached hydrogen (secondary N) is 2. The second-order valence-electron chi connectivity index (χ2n) is 8.49. The van der Waals surface area contributed by atoms with Gasteiger partial charge in [-0.2, -0.15) is 0 Å². The van der Waals surface area contributed by atoms with Gasteiger partial charge in [0, 0.05) is 49.1 Å². The molecule has 1 amide bonds. The lowest BCUT2D eigenvalue weighted by Gasteiger charge is -2.32. The minimum Gasteiger partial charge on any atom is -0.354 e. The summed E-state index contributed by atoms with van der Waals surface area (Å²) in [6.45, 7) is 1.31. The summed E-state index contributed by atoms with van der Waals surface area (Å²) in [5.41, 5.74) is 2.21. The van der Waals surface area contributed by atoms with E-state index in [2.05, 4.69) is 40.1 Å². The number of carbonyl (C=O) groups is 1. The summed E-state index contributed by atoms with van der Waals surface area (Å²) >= 11 is 0. The number of sulfonamides is 1. The van der Waals surface area contributed by atoms with Gasteiger partial charge in [-0.1, -0.05) is 0 Å². The third-order valence-corrected chi connectivity index (χ3v) is 7.31. The second-order valence-corrected chi connectivity index (χ2v) is 10.2. The average molecular weight is 517 g/mol. The Bertz CT molecular complexity index is 1450. The van der Waals surface area contributed by atoms with Gasteiger partial charge in [-0.3, -0.25) is 9.78 Å². The maximum Gasteiger partial charge on any atom is 0.264 e. The van der Waals surface area contributed by atoms with Crippen LogP contribution < -0.4 is 14.9 Å². The van der Waals surface area contributed by atoms with Crippen molar-refractivity contribution in [2.24, 2.45) is 5.92 Å². The predicted molar refractivity (Wildman–Crippen MR) is 138 cm³/mol. The number of hydrogen-bond acceptors (Lipinski definition) is 9. The number of amides is 1. The Hall–Kier alpha value is -4.45. The maximum absolute atomic E-state index is 13.0. The minimum atomic E-state index is -3.85. The molecule has 1 fully saturated rings. The molecule has 1 aliphatic heterocycles. The summed E-state index contributed by atoms with van der Waals surface area (Å²) in [5, 5.41) is 11.6. The van der Waals surface area contributed by atoms with Crippen LogP contribution >= 0.6 is 0 Å². The summed E-state index contributed by atoms with van der Waals surface area (Å²) in [7, 11) is -3.85. The highest BCUT2D eigenvalue weighted by molar-refractivity contribution is 7.92. The van der Waals surface area contributed by atoms with Gasteiger partial charge in [0.15, 0.2) is 5.82 Å². The zero-order chi connectivity index (χ0) is 25.7. The van der Waals surface area contributed by atoms with E-state index in [1.165, 1.54) is 24.5 Å². The van der Waals surface area contributed by atoms with Crippen LogP contribution in [0.25, 0.3) is 11.3 Å². The standard InChI is InChI=1S/C25H24N8O3S/c34-24(29-20-4-6-21(7-5-20)37(35,36)32-25-27-12-2-13-28-25)19-3-1-16-33(17-19)23-9-8-22(30-31-23)18-10-14-26-15-11-18/h2,4-15,19H,1,3,16-17H2,(H,29,34)(H,27,28,32). The average Bonchev–Trinajstić information content (AvgIpc) is 2.94. The van der Waals surface area contributed by atoms with Crippen molar-refractivity contribution in [2.45, 2.75) is 17.7 Å². The highest BCUT2D eigenvalue weighted by atomic mass is 32.2. The minimum absolute atomic E-state index is 0.0153. The first-order chi connectivity index (χ1) is 18.0. The van der Waals surface area contributed by atoms with E-state index in [1.807, 2.05) is 24.3 Å². The van der Waals surface area contributed by atoms with Crippen LogP contribution in [0, 0.1) is 5.92 Å². The van der Waals surface area contributed by atoms with Crippen molar-refractivity contribution in [3.8, 4) is 11.3 Å². The number of rotatable bonds is 7. The fraction of sp³-hybridized carbons (Fsp3) is 0.200. The van der Waals surface area contributed by atoms with Crippen LogP contribution in [0.3, 0.4) is 0 Å². The maximum atomic E-state index is 13.0. The molecule has 1 saturated heterocycles. The molecule has 4 aromatic rings. The first kappa shape index (κ1) is 24.3. The molecule has 5 rings (SSSR count). The van der Waals surface area contributed by atoms with Gasteiger partial charge < -0.3 is 10.2 Å². The van der Waals surface area contributed by atoms with Crippen molar-refractivity contribution < 1.29 is 13.2 Å². The van der Waals surface area contributed by atoms with Gasteiger partial charge in [-0.05, 0) is 67.4 Å². The summed E-state index contributed by atoms with van der Waals surface area (Å²) in [5.74, 6) is 0.339.